The third-order valence-corrected chi connectivity index (χ3v) is 4.16. The van der Waals surface area contributed by atoms with Crippen LogP contribution in [0.5, 0.6) is 0 Å². The molecular weight excluding hydrogens is 268 g/mol. The molecule has 2 aliphatic rings. The van der Waals surface area contributed by atoms with Crippen molar-refractivity contribution in [3.8, 4) is 0 Å². The number of carbonyl (C=O) groups is 1. The molecule has 3 rings (SSSR count). The summed E-state index contributed by atoms with van der Waals surface area (Å²) in [6.07, 6.45) is 1.62. The van der Waals surface area contributed by atoms with Gasteiger partial charge in [-0.3, -0.25) is 0 Å². The van der Waals surface area contributed by atoms with Crippen molar-refractivity contribution in [2.24, 2.45) is 5.73 Å². The monoisotopic (exact) mass is 290 g/mol. The fourth-order valence-corrected chi connectivity index (χ4v) is 3.20. The van der Waals surface area contributed by atoms with Crippen LogP contribution in [0, 0.1) is 0 Å². The molecule has 2 aliphatic heterocycles. The number of carbonyl (C=O) groups excluding carboxylic acids is 1. The predicted molar refractivity (Wildman–Crippen MR) is 80.2 cm³/mol. The van der Waals surface area contributed by atoms with E-state index >= 15 is 0 Å². The van der Waals surface area contributed by atoms with Crippen LogP contribution in [0.25, 0.3) is 0 Å². The molecule has 1 saturated heterocycles. The normalized spacial score (nSPS) is 31.0. The van der Waals surface area contributed by atoms with Crippen molar-refractivity contribution in [2.45, 2.75) is 44.2 Å². The second kappa shape index (κ2) is 5.40. The summed E-state index contributed by atoms with van der Waals surface area (Å²) in [7, 11) is 0. The van der Waals surface area contributed by atoms with Crippen molar-refractivity contribution in [1.82, 2.24) is 0 Å². The van der Waals surface area contributed by atoms with Crippen LogP contribution in [-0.4, -0.2) is 43.4 Å². The molecule has 0 aliphatic carbocycles. The van der Waals surface area contributed by atoms with Gasteiger partial charge in [0.2, 0.25) is 0 Å². The molecule has 3 atom stereocenters. The van der Waals surface area contributed by atoms with Crippen molar-refractivity contribution in [1.29, 1.82) is 0 Å². The zero-order chi connectivity index (χ0) is 15.0. The number of rotatable bonds is 3. The Morgan fingerprint density at radius 3 is 2.86 bits per heavy atom. The van der Waals surface area contributed by atoms with Crippen molar-refractivity contribution in [3.63, 3.8) is 0 Å². The van der Waals surface area contributed by atoms with E-state index in [2.05, 4.69) is 11.0 Å². The van der Waals surface area contributed by atoms with E-state index in [4.69, 9.17) is 15.2 Å². The molecular formula is C16H22N2O3. The Morgan fingerprint density at radius 1 is 1.43 bits per heavy atom. The third kappa shape index (κ3) is 2.81. The Morgan fingerprint density at radius 2 is 2.19 bits per heavy atom. The van der Waals surface area contributed by atoms with Crippen molar-refractivity contribution < 1.29 is 14.3 Å². The van der Waals surface area contributed by atoms with Gasteiger partial charge in [-0.2, -0.15) is 0 Å². The maximum absolute atomic E-state index is 11.5. The average Bonchev–Trinajstić information content (AvgIpc) is 2.78. The highest BCUT2D eigenvalue weighted by molar-refractivity contribution is 5.71. The maximum Gasteiger partial charge on any atom is 0.163 e. The van der Waals surface area contributed by atoms with E-state index in [1.54, 1.807) is 0 Å². The number of ether oxygens (including phenoxy) is 2. The first-order valence-corrected chi connectivity index (χ1v) is 7.37. The van der Waals surface area contributed by atoms with Gasteiger partial charge < -0.3 is 24.9 Å². The number of hydrogen-bond donors (Lipinski definition) is 1. The van der Waals surface area contributed by atoms with E-state index in [0.717, 1.165) is 18.4 Å². The van der Waals surface area contributed by atoms with Gasteiger partial charge in [-0.05, 0) is 31.9 Å². The fourth-order valence-electron chi connectivity index (χ4n) is 3.20. The van der Waals surface area contributed by atoms with E-state index in [1.807, 2.05) is 32.0 Å². The fraction of sp³-hybridized carbons (Fsp3) is 0.562. The average molecular weight is 290 g/mol. The SMILES string of the molecule is CC1(C)OCC(CN2c3ccccc3CC(N)C2C=O)O1. The lowest BCUT2D eigenvalue weighted by atomic mass is 9.92. The van der Waals surface area contributed by atoms with Crippen molar-refractivity contribution in [2.75, 3.05) is 18.1 Å². The summed E-state index contributed by atoms with van der Waals surface area (Å²) >= 11 is 0. The molecule has 0 spiro atoms. The van der Waals surface area contributed by atoms with Crippen LogP contribution in [0.3, 0.4) is 0 Å². The highest BCUT2D eigenvalue weighted by Gasteiger charge is 2.38. The first kappa shape index (κ1) is 14.5. The minimum Gasteiger partial charge on any atom is -0.357 e. The van der Waals surface area contributed by atoms with Crippen LogP contribution in [0.4, 0.5) is 5.69 Å². The summed E-state index contributed by atoms with van der Waals surface area (Å²) in [4.78, 5) is 13.6. The minimum atomic E-state index is -0.557. The van der Waals surface area contributed by atoms with E-state index in [-0.39, 0.29) is 18.2 Å². The Kier molecular flexibility index (Phi) is 3.73. The molecule has 2 N–H and O–H groups in total. The predicted octanol–water partition coefficient (Wildman–Crippen LogP) is 1.10. The summed E-state index contributed by atoms with van der Waals surface area (Å²) < 4.78 is 11.5. The number of fused-ring (bicyclic) bond motifs is 1. The molecule has 3 unspecified atom stereocenters. The summed E-state index contributed by atoms with van der Waals surface area (Å²) in [5, 5.41) is 0. The lowest BCUT2D eigenvalue weighted by Crippen LogP contribution is -2.55. The highest BCUT2D eigenvalue weighted by atomic mass is 16.7. The minimum absolute atomic E-state index is 0.0548. The Labute approximate surface area is 125 Å². The van der Waals surface area contributed by atoms with Crippen LogP contribution in [0.1, 0.15) is 19.4 Å². The van der Waals surface area contributed by atoms with E-state index < -0.39 is 5.79 Å². The largest absolute Gasteiger partial charge is 0.357 e. The zero-order valence-corrected chi connectivity index (χ0v) is 12.5. The lowest BCUT2D eigenvalue weighted by molar-refractivity contribution is -0.137. The topological polar surface area (TPSA) is 64.8 Å². The van der Waals surface area contributed by atoms with Crippen LogP contribution in [0.15, 0.2) is 24.3 Å². The first-order valence-electron chi connectivity index (χ1n) is 7.37. The summed E-state index contributed by atoms with van der Waals surface area (Å²) in [6.45, 7) is 4.95. The Bertz CT molecular complexity index is 532. The van der Waals surface area contributed by atoms with E-state index in [1.165, 1.54) is 5.56 Å². The number of nitrogens with two attached hydrogens (primary N) is 1. The second-order valence-corrected chi connectivity index (χ2v) is 6.23. The first-order chi connectivity index (χ1) is 10.00. The molecule has 1 fully saturated rings. The number of para-hydroxylation sites is 1. The molecule has 21 heavy (non-hydrogen) atoms. The van der Waals surface area contributed by atoms with Gasteiger partial charge in [-0.15, -0.1) is 0 Å². The number of benzene rings is 1. The van der Waals surface area contributed by atoms with Crippen LogP contribution < -0.4 is 10.6 Å². The molecule has 0 radical (unpaired) electrons. The number of nitrogens with zero attached hydrogens (tertiary/aromatic N) is 1. The Balaban J connectivity index is 1.85. The van der Waals surface area contributed by atoms with Crippen LogP contribution in [-0.2, 0) is 20.7 Å². The molecule has 5 nitrogen and oxygen atoms in total. The van der Waals surface area contributed by atoms with E-state index in [9.17, 15) is 4.79 Å². The Hall–Kier alpha value is -1.43. The number of hydrogen-bond acceptors (Lipinski definition) is 5. The molecule has 1 aromatic carbocycles. The highest BCUT2D eigenvalue weighted by Crippen LogP contribution is 2.31. The molecule has 0 amide bonds. The number of aldehydes is 1. The van der Waals surface area contributed by atoms with Gasteiger partial charge in [0.1, 0.15) is 18.4 Å². The number of anilines is 1. The molecule has 5 heteroatoms. The molecule has 114 valence electrons. The van der Waals surface area contributed by atoms with Gasteiger partial charge in [0.05, 0.1) is 6.61 Å². The van der Waals surface area contributed by atoms with Crippen molar-refractivity contribution >= 4 is 12.0 Å². The van der Waals surface area contributed by atoms with Gasteiger partial charge in [-0.1, -0.05) is 18.2 Å². The summed E-state index contributed by atoms with van der Waals surface area (Å²) in [5.74, 6) is -0.557. The van der Waals surface area contributed by atoms with Crippen LogP contribution >= 0.6 is 0 Å². The second-order valence-electron chi connectivity index (χ2n) is 6.23. The molecule has 0 bridgehead atoms. The van der Waals surface area contributed by atoms with Crippen molar-refractivity contribution in [3.05, 3.63) is 29.8 Å². The molecule has 2 heterocycles. The van der Waals surface area contributed by atoms with Gasteiger partial charge in [0.15, 0.2) is 5.79 Å². The van der Waals surface area contributed by atoms with Crippen LogP contribution in [0.2, 0.25) is 0 Å². The van der Waals surface area contributed by atoms with E-state index in [0.29, 0.717) is 13.2 Å². The van der Waals surface area contributed by atoms with Gasteiger partial charge in [-0.25, -0.2) is 0 Å². The van der Waals surface area contributed by atoms with Gasteiger partial charge in [0.25, 0.3) is 0 Å². The lowest BCUT2D eigenvalue weighted by Gasteiger charge is -2.40. The molecule has 0 saturated carbocycles. The summed E-state index contributed by atoms with van der Waals surface area (Å²) in [5.41, 5.74) is 8.43. The molecule has 1 aromatic rings. The molecule has 0 aromatic heterocycles. The smallest absolute Gasteiger partial charge is 0.163 e. The standard InChI is InChI=1S/C16H22N2O3/c1-16(2)20-10-12(21-16)8-18-14-6-4-3-5-11(14)7-13(17)15(18)9-19/h3-6,9,12-13,15H,7-8,10,17H2,1-2H3. The quantitative estimate of drug-likeness (QED) is 0.844. The van der Waals surface area contributed by atoms with Gasteiger partial charge in [0, 0.05) is 18.3 Å². The summed E-state index contributed by atoms with van der Waals surface area (Å²) in [6, 6.07) is 7.60. The zero-order valence-electron chi connectivity index (χ0n) is 12.5. The van der Waals surface area contributed by atoms with Gasteiger partial charge >= 0.3 is 0 Å². The maximum atomic E-state index is 11.5. The third-order valence-electron chi connectivity index (χ3n) is 4.16.